The molecule has 0 aromatic carbocycles. The van der Waals surface area contributed by atoms with Crippen molar-refractivity contribution in [2.75, 3.05) is 0 Å². The number of nitrogens with one attached hydrogen (secondary N) is 1. The van der Waals surface area contributed by atoms with Crippen LogP contribution in [0.4, 0.5) is 0 Å². The minimum Gasteiger partial charge on any atom is -0.311 e. The van der Waals surface area contributed by atoms with Gasteiger partial charge in [-0.1, -0.05) is 51.9 Å². The van der Waals surface area contributed by atoms with E-state index in [0.29, 0.717) is 5.82 Å². The van der Waals surface area contributed by atoms with E-state index in [1.165, 1.54) is 44.9 Å². The average molecular weight is 264 g/mol. The Kier molecular flexibility index (Phi) is 7.46. The number of nitrogens with zero attached hydrogens (tertiary/aromatic N) is 1. The first-order chi connectivity index (χ1) is 9.15. The van der Waals surface area contributed by atoms with Crippen molar-refractivity contribution in [3.8, 4) is 0 Å². The topological polar surface area (TPSA) is 45.8 Å². The van der Waals surface area contributed by atoms with Gasteiger partial charge in [0.15, 0.2) is 0 Å². The van der Waals surface area contributed by atoms with Gasteiger partial charge in [0.1, 0.15) is 5.82 Å². The summed E-state index contributed by atoms with van der Waals surface area (Å²) in [7, 11) is 0. The monoisotopic (exact) mass is 264 g/mol. The number of aromatic amines is 1. The van der Waals surface area contributed by atoms with Gasteiger partial charge in [-0.3, -0.25) is 4.79 Å². The number of aryl methyl sites for hydroxylation is 2. The van der Waals surface area contributed by atoms with Gasteiger partial charge in [-0.05, 0) is 26.7 Å². The van der Waals surface area contributed by atoms with Gasteiger partial charge in [0.2, 0.25) is 0 Å². The fraction of sp³-hybridized carbons (Fsp3) is 0.750. The highest BCUT2D eigenvalue weighted by atomic mass is 16.1. The maximum Gasteiger partial charge on any atom is 0.254 e. The molecule has 0 aliphatic carbocycles. The van der Waals surface area contributed by atoms with Gasteiger partial charge in [0, 0.05) is 11.3 Å². The van der Waals surface area contributed by atoms with Gasteiger partial charge in [-0.2, -0.15) is 0 Å². The van der Waals surface area contributed by atoms with Crippen molar-refractivity contribution in [1.82, 2.24) is 9.97 Å². The van der Waals surface area contributed by atoms with E-state index in [9.17, 15) is 4.79 Å². The molecule has 1 rings (SSSR count). The van der Waals surface area contributed by atoms with Crippen molar-refractivity contribution < 1.29 is 0 Å². The molecular formula is C16H28N2O. The third-order valence-corrected chi connectivity index (χ3v) is 3.62. The lowest BCUT2D eigenvalue weighted by molar-refractivity contribution is 0.574. The number of rotatable bonds is 9. The quantitative estimate of drug-likeness (QED) is 0.683. The summed E-state index contributed by atoms with van der Waals surface area (Å²) in [5.41, 5.74) is 1.81. The molecule has 3 heteroatoms. The van der Waals surface area contributed by atoms with E-state index in [-0.39, 0.29) is 5.56 Å². The second kappa shape index (κ2) is 8.89. The van der Waals surface area contributed by atoms with Crippen LogP contribution in [0, 0.1) is 13.8 Å². The highest BCUT2D eigenvalue weighted by Gasteiger charge is 2.05. The SMILES string of the molecule is CCCCCCCCCCc1c(C)nc(C)[nH]c1=O. The number of H-pyrrole nitrogens is 1. The molecule has 1 N–H and O–H groups in total. The largest absolute Gasteiger partial charge is 0.311 e. The third kappa shape index (κ3) is 6.04. The van der Waals surface area contributed by atoms with Crippen LogP contribution in [-0.2, 0) is 6.42 Å². The normalized spacial score (nSPS) is 10.9. The van der Waals surface area contributed by atoms with Crippen LogP contribution in [0.3, 0.4) is 0 Å². The molecule has 1 aromatic rings. The smallest absolute Gasteiger partial charge is 0.254 e. The molecule has 108 valence electrons. The van der Waals surface area contributed by atoms with Crippen LogP contribution in [0.25, 0.3) is 0 Å². The Morgan fingerprint density at radius 3 is 2.11 bits per heavy atom. The summed E-state index contributed by atoms with van der Waals surface area (Å²) in [6, 6.07) is 0. The molecule has 0 atom stereocenters. The lowest BCUT2D eigenvalue weighted by Crippen LogP contribution is -2.17. The van der Waals surface area contributed by atoms with Gasteiger partial charge in [0.05, 0.1) is 0 Å². The molecule has 3 nitrogen and oxygen atoms in total. The number of hydrogen-bond donors (Lipinski definition) is 1. The molecule has 0 amide bonds. The van der Waals surface area contributed by atoms with Crippen molar-refractivity contribution in [1.29, 1.82) is 0 Å². The minimum absolute atomic E-state index is 0.0490. The molecule has 0 unspecified atom stereocenters. The van der Waals surface area contributed by atoms with Gasteiger partial charge in [-0.15, -0.1) is 0 Å². The first-order valence-corrected chi connectivity index (χ1v) is 7.71. The predicted molar refractivity (Wildman–Crippen MR) is 80.6 cm³/mol. The summed E-state index contributed by atoms with van der Waals surface area (Å²) < 4.78 is 0. The molecule has 0 bridgehead atoms. The Hall–Kier alpha value is -1.12. The fourth-order valence-corrected chi connectivity index (χ4v) is 2.48. The zero-order valence-corrected chi connectivity index (χ0v) is 12.7. The zero-order valence-electron chi connectivity index (χ0n) is 12.7. The average Bonchev–Trinajstić information content (AvgIpc) is 2.35. The van der Waals surface area contributed by atoms with Crippen molar-refractivity contribution in [2.24, 2.45) is 0 Å². The lowest BCUT2D eigenvalue weighted by atomic mass is 10.0. The molecule has 0 saturated heterocycles. The van der Waals surface area contributed by atoms with Crippen LogP contribution in [0.5, 0.6) is 0 Å². The molecule has 19 heavy (non-hydrogen) atoms. The number of hydrogen-bond acceptors (Lipinski definition) is 2. The van der Waals surface area contributed by atoms with E-state index < -0.39 is 0 Å². The van der Waals surface area contributed by atoms with Gasteiger partial charge >= 0.3 is 0 Å². The van der Waals surface area contributed by atoms with Crippen molar-refractivity contribution in [2.45, 2.75) is 78.6 Å². The van der Waals surface area contributed by atoms with E-state index in [1.807, 2.05) is 13.8 Å². The summed E-state index contributed by atoms with van der Waals surface area (Å²) >= 11 is 0. The molecule has 0 aliphatic rings. The molecule has 0 saturated carbocycles. The van der Waals surface area contributed by atoms with Gasteiger partial charge in [-0.25, -0.2) is 4.98 Å². The van der Waals surface area contributed by atoms with E-state index in [2.05, 4.69) is 16.9 Å². The van der Waals surface area contributed by atoms with Crippen molar-refractivity contribution in [3.63, 3.8) is 0 Å². The number of unbranched alkanes of at least 4 members (excludes halogenated alkanes) is 7. The highest BCUT2D eigenvalue weighted by Crippen LogP contribution is 2.10. The van der Waals surface area contributed by atoms with Crippen LogP contribution in [0.2, 0.25) is 0 Å². The summed E-state index contributed by atoms with van der Waals surface area (Å²) in [5.74, 6) is 0.710. The molecule has 0 aliphatic heterocycles. The van der Waals surface area contributed by atoms with Crippen LogP contribution in [-0.4, -0.2) is 9.97 Å². The summed E-state index contributed by atoms with van der Waals surface area (Å²) in [5, 5.41) is 0. The van der Waals surface area contributed by atoms with E-state index in [4.69, 9.17) is 0 Å². The highest BCUT2D eigenvalue weighted by molar-refractivity contribution is 5.16. The lowest BCUT2D eigenvalue weighted by Gasteiger charge is -2.05. The molecular weight excluding hydrogens is 236 g/mol. The zero-order chi connectivity index (χ0) is 14.1. The maximum absolute atomic E-state index is 11.8. The Morgan fingerprint density at radius 1 is 0.947 bits per heavy atom. The Bertz CT molecular complexity index is 423. The molecule has 0 radical (unpaired) electrons. The van der Waals surface area contributed by atoms with Gasteiger partial charge < -0.3 is 4.98 Å². The second-order valence-corrected chi connectivity index (χ2v) is 5.44. The van der Waals surface area contributed by atoms with Gasteiger partial charge in [0.25, 0.3) is 5.56 Å². The molecule has 0 fully saturated rings. The van der Waals surface area contributed by atoms with Crippen LogP contribution in [0.15, 0.2) is 4.79 Å². The first-order valence-electron chi connectivity index (χ1n) is 7.71. The maximum atomic E-state index is 11.8. The predicted octanol–water partition coefficient (Wildman–Crippen LogP) is 4.07. The molecule has 0 spiro atoms. The van der Waals surface area contributed by atoms with E-state index in [1.54, 1.807) is 0 Å². The summed E-state index contributed by atoms with van der Waals surface area (Å²) in [6.07, 6.45) is 11.2. The number of aromatic nitrogens is 2. The standard InChI is InChI=1S/C16H28N2O/c1-4-5-6-7-8-9-10-11-12-15-13(2)17-14(3)18-16(15)19/h4-12H2,1-3H3,(H,17,18,19). The van der Waals surface area contributed by atoms with Crippen LogP contribution >= 0.6 is 0 Å². The van der Waals surface area contributed by atoms with E-state index in [0.717, 1.165) is 24.1 Å². The van der Waals surface area contributed by atoms with Crippen molar-refractivity contribution in [3.05, 3.63) is 27.4 Å². The van der Waals surface area contributed by atoms with Crippen molar-refractivity contribution >= 4 is 0 Å². The Labute approximate surface area is 116 Å². The summed E-state index contributed by atoms with van der Waals surface area (Å²) in [4.78, 5) is 18.9. The third-order valence-electron chi connectivity index (χ3n) is 3.62. The fourth-order valence-electron chi connectivity index (χ4n) is 2.48. The Morgan fingerprint density at radius 2 is 1.53 bits per heavy atom. The molecule has 1 heterocycles. The molecule has 1 aromatic heterocycles. The Balaban J connectivity index is 2.21. The summed E-state index contributed by atoms with van der Waals surface area (Å²) in [6.45, 7) is 6.01. The van der Waals surface area contributed by atoms with Crippen LogP contribution < -0.4 is 5.56 Å². The van der Waals surface area contributed by atoms with Crippen LogP contribution in [0.1, 0.15) is 75.4 Å². The minimum atomic E-state index is 0.0490. The van der Waals surface area contributed by atoms with E-state index >= 15 is 0 Å². The second-order valence-electron chi connectivity index (χ2n) is 5.44. The first kappa shape index (κ1) is 15.9.